The molecule has 0 aliphatic rings. The number of para-hydroxylation sites is 1. The molecule has 0 spiro atoms. The highest BCUT2D eigenvalue weighted by atomic mass is 16.5. The molecule has 2 amide bonds. The van der Waals surface area contributed by atoms with E-state index in [0.29, 0.717) is 29.3 Å². The lowest BCUT2D eigenvalue weighted by molar-refractivity contribution is -0.118. The van der Waals surface area contributed by atoms with Gasteiger partial charge in [-0.25, -0.2) is 0 Å². The summed E-state index contributed by atoms with van der Waals surface area (Å²) in [6.07, 6.45) is 2.07. The Labute approximate surface area is 194 Å². The maximum absolute atomic E-state index is 12.8. The molecule has 0 radical (unpaired) electrons. The molecule has 0 aromatic heterocycles. The topological polar surface area (TPSA) is 76.7 Å². The Morgan fingerprint density at radius 1 is 0.818 bits per heavy atom. The van der Waals surface area contributed by atoms with Crippen molar-refractivity contribution in [3.05, 3.63) is 83.4 Å². The van der Waals surface area contributed by atoms with Crippen LogP contribution in [0, 0.1) is 13.8 Å². The summed E-state index contributed by atoms with van der Waals surface area (Å²) in [6.45, 7) is 6.52. The van der Waals surface area contributed by atoms with E-state index in [1.807, 2.05) is 44.2 Å². The van der Waals surface area contributed by atoms with Crippen molar-refractivity contribution in [1.82, 2.24) is 0 Å². The van der Waals surface area contributed by atoms with E-state index >= 15 is 0 Å². The first-order valence-electron chi connectivity index (χ1n) is 11.1. The SMILES string of the molecule is CCCCOc1ccc(NC(=O)COc2ccccc2C(=O)Nc2cc(C)cc(C)c2)cc1. The number of benzene rings is 3. The lowest BCUT2D eigenvalue weighted by Crippen LogP contribution is -2.21. The van der Waals surface area contributed by atoms with Gasteiger partial charge in [0.2, 0.25) is 0 Å². The number of hydrogen-bond acceptors (Lipinski definition) is 4. The van der Waals surface area contributed by atoms with Crippen LogP contribution in [0.2, 0.25) is 0 Å². The Bertz CT molecular complexity index is 1070. The van der Waals surface area contributed by atoms with Crippen molar-refractivity contribution in [1.29, 1.82) is 0 Å². The van der Waals surface area contributed by atoms with Crippen LogP contribution >= 0.6 is 0 Å². The minimum absolute atomic E-state index is 0.220. The third-order valence-electron chi connectivity index (χ3n) is 4.87. The average Bonchev–Trinajstić information content (AvgIpc) is 2.78. The van der Waals surface area contributed by atoms with Gasteiger partial charge < -0.3 is 20.1 Å². The predicted molar refractivity (Wildman–Crippen MR) is 131 cm³/mol. The smallest absolute Gasteiger partial charge is 0.262 e. The molecule has 6 nitrogen and oxygen atoms in total. The molecule has 0 saturated heterocycles. The minimum Gasteiger partial charge on any atom is -0.494 e. The lowest BCUT2D eigenvalue weighted by Gasteiger charge is -2.13. The van der Waals surface area contributed by atoms with Crippen LogP contribution in [-0.4, -0.2) is 25.0 Å². The van der Waals surface area contributed by atoms with Crippen LogP contribution in [0.3, 0.4) is 0 Å². The number of ether oxygens (including phenoxy) is 2. The number of anilines is 2. The van der Waals surface area contributed by atoms with E-state index < -0.39 is 0 Å². The Kier molecular flexibility index (Phi) is 8.47. The summed E-state index contributed by atoms with van der Waals surface area (Å²) in [5.41, 5.74) is 3.84. The Hall–Kier alpha value is -3.80. The molecular weight excluding hydrogens is 416 g/mol. The molecule has 0 bridgehead atoms. The van der Waals surface area contributed by atoms with Crippen LogP contribution in [0.4, 0.5) is 11.4 Å². The van der Waals surface area contributed by atoms with E-state index in [2.05, 4.69) is 17.6 Å². The summed E-state index contributed by atoms with van der Waals surface area (Å²) < 4.78 is 11.3. The molecule has 3 rings (SSSR count). The zero-order chi connectivity index (χ0) is 23.6. The summed E-state index contributed by atoms with van der Waals surface area (Å²) in [5.74, 6) is 0.490. The molecule has 0 fully saturated rings. The Balaban J connectivity index is 1.57. The summed E-state index contributed by atoms with van der Waals surface area (Å²) in [7, 11) is 0. The maximum Gasteiger partial charge on any atom is 0.262 e. The monoisotopic (exact) mass is 446 g/mol. The molecule has 0 saturated carbocycles. The van der Waals surface area contributed by atoms with E-state index in [9.17, 15) is 9.59 Å². The molecule has 2 N–H and O–H groups in total. The fraction of sp³-hybridized carbons (Fsp3) is 0.259. The quantitative estimate of drug-likeness (QED) is 0.389. The van der Waals surface area contributed by atoms with E-state index in [-0.39, 0.29) is 18.4 Å². The number of aryl methyl sites for hydroxylation is 2. The Morgan fingerprint density at radius 2 is 1.52 bits per heavy atom. The standard InChI is InChI=1S/C27H30N2O4/c1-4-5-14-32-23-12-10-21(11-13-23)28-26(30)18-33-25-9-7-6-8-24(25)27(31)29-22-16-19(2)15-20(3)17-22/h6-13,15-17H,4-5,14,18H2,1-3H3,(H,28,30)(H,29,31). The van der Waals surface area contributed by atoms with Gasteiger partial charge in [0.1, 0.15) is 11.5 Å². The van der Waals surface area contributed by atoms with Crippen LogP contribution in [0.5, 0.6) is 11.5 Å². The van der Waals surface area contributed by atoms with Crippen LogP contribution in [0.15, 0.2) is 66.7 Å². The van der Waals surface area contributed by atoms with Crippen molar-refractivity contribution in [2.45, 2.75) is 33.6 Å². The third kappa shape index (κ3) is 7.38. The molecule has 0 unspecified atom stereocenters. The van der Waals surface area contributed by atoms with Crippen molar-refractivity contribution >= 4 is 23.2 Å². The molecule has 0 atom stereocenters. The first kappa shape index (κ1) is 23.9. The summed E-state index contributed by atoms with van der Waals surface area (Å²) in [6, 6.07) is 19.9. The highest BCUT2D eigenvalue weighted by Gasteiger charge is 2.14. The second kappa shape index (κ2) is 11.7. The average molecular weight is 447 g/mol. The van der Waals surface area contributed by atoms with Gasteiger partial charge in [-0.1, -0.05) is 31.5 Å². The highest BCUT2D eigenvalue weighted by molar-refractivity contribution is 6.06. The third-order valence-corrected chi connectivity index (χ3v) is 4.87. The van der Waals surface area contributed by atoms with Crippen LogP contribution in [0.25, 0.3) is 0 Å². The van der Waals surface area contributed by atoms with E-state index in [1.165, 1.54) is 0 Å². The van der Waals surface area contributed by atoms with Gasteiger partial charge in [0.15, 0.2) is 6.61 Å². The van der Waals surface area contributed by atoms with Crippen molar-refractivity contribution in [3.63, 3.8) is 0 Å². The van der Waals surface area contributed by atoms with Gasteiger partial charge >= 0.3 is 0 Å². The minimum atomic E-state index is -0.320. The van der Waals surface area contributed by atoms with Gasteiger partial charge in [-0.2, -0.15) is 0 Å². The van der Waals surface area contributed by atoms with E-state index in [0.717, 1.165) is 29.7 Å². The number of unbranched alkanes of at least 4 members (excludes halogenated alkanes) is 1. The van der Waals surface area contributed by atoms with Crippen molar-refractivity contribution in [2.24, 2.45) is 0 Å². The van der Waals surface area contributed by atoms with Crippen LogP contribution in [-0.2, 0) is 4.79 Å². The molecule has 172 valence electrons. The second-order valence-electron chi connectivity index (χ2n) is 7.89. The maximum atomic E-state index is 12.8. The molecule has 0 aliphatic carbocycles. The summed E-state index contributed by atoms with van der Waals surface area (Å²) in [5, 5.41) is 5.69. The van der Waals surface area contributed by atoms with E-state index in [4.69, 9.17) is 9.47 Å². The van der Waals surface area contributed by atoms with Gasteiger partial charge in [0.05, 0.1) is 12.2 Å². The molecule has 33 heavy (non-hydrogen) atoms. The predicted octanol–water partition coefficient (Wildman–Crippen LogP) is 5.75. The number of rotatable bonds is 10. The molecule has 3 aromatic carbocycles. The van der Waals surface area contributed by atoms with E-state index in [1.54, 1.807) is 36.4 Å². The molecule has 0 aliphatic heterocycles. The molecular formula is C27H30N2O4. The summed E-state index contributed by atoms with van der Waals surface area (Å²) in [4.78, 5) is 25.2. The van der Waals surface area contributed by atoms with Gasteiger partial charge in [0.25, 0.3) is 11.8 Å². The van der Waals surface area contributed by atoms with Crippen molar-refractivity contribution < 1.29 is 19.1 Å². The summed E-state index contributed by atoms with van der Waals surface area (Å²) >= 11 is 0. The number of hydrogen-bond donors (Lipinski definition) is 2. The lowest BCUT2D eigenvalue weighted by atomic mass is 10.1. The largest absolute Gasteiger partial charge is 0.494 e. The van der Waals surface area contributed by atoms with Gasteiger partial charge in [-0.05, 0) is 79.9 Å². The zero-order valence-corrected chi connectivity index (χ0v) is 19.3. The van der Waals surface area contributed by atoms with Crippen LogP contribution < -0.4 is 20.1 Å². The van der Waals surface area contributed by atoms with Gasteiger partial charge in [0, 0.05) is 11.4 Å². The normalized spacial score (nSPS) is 10.4. The number of carbonyl (C=O) groups is 2. The first-order chi connectivity index (χ1) is 15.9. The number of carbonyl (C=O) groups excluding carboxylic acids is 2. The Morgan fingerprint density at radius 3 is 2.21 bits per heavy atom. The first-order valence-corrected chi connectivity index (χ1v) is 11.1. The zero-order valence-electron chi connectivity index (χ0n) is 19.3. The van der Waals surface area contributed by atoms with Crippen molar-refractivity contribution in [2.75, 3.05) is 23.8 Å². The van der Waals surface area contributed by atoms with Crippen LogP contribution in [0.1, 0.15) is 41.3 Å². The second-order valence-corrected chi connectivity index (χ2v) is 7.89. The van der Waals surface area contributed by atoms with Gasteiger partial charge in [-0.15, -0.1) is 0 Å². The highest BCUT2D eigenvalue weighted by Crippen LogP contribution is 2.21. The molecule has 6 heteroatoms. The fourth-order valence-corrected chi connectivity index (χ4v) is 3.33. The fourth-order valence-electron chi connectivity index (χ4n) is 3.33. The molecule has 0 heterocycles. The number of nitrogens with one attached hydrogen (secondary N) is 2. The van der Waals surface area contributed by atoms with Gasteiger partial charge in [-0.3, -0.25) is 9.59 Å². The van der Waals surface area contributed by atoms with Crippen molar-refractivity contribution in [3.8, 4) is 11.5 Å². The number of amides is 2. The molecule has 3 aromatic rings.